The van der Waals surface area contributed by atoms with Gasteiger partial charge < -0.3 is 5.32 Å². The van der Waals surface area contributed by atoms with E-state index in [1.807, 2.05) is 18.2 Å². The van der Waals surface area contributed by atoms with Crippen molar-refractivity contribution in [2.45, 2.75) is 25.7 Å². The fourth-order valence-corrected chi connectivity index (χ4v) is 1.70. The third-order valence-corrected chi connectivity index (χ3v) is 2.86. The number of carbonyl (C=O) groups is 2. The minimum absolute atomic E-state index is 0.146. The predicted molar refractivity (Wildman–Crippen MR) is 83.8 cm³/mol. The minimum Gasteiger partial charge on any atom is -0.353 e. The van der Waals surface area contributed by atoms with Crippen LogP contribution in [0.1, 0.15) is 31.2 Å². The van der Waals surface area contributed by atoms with Crippen molar-refractivity contribution >= 4 is 17.9 Å². The van der Waals surface area contributed by atoms with Crippen LogP contribution in [0.3, 0.4) is 0 Å². The van der Waals surface area contributed by atoms with Gasteiger partial charge in [0.05, 0.1) is 0 Å². The van der Waals surface area contributed by atoms with E-state index in [2.05, 4.69) is 10.3 Å². The summed E-state index contributed by atoms with van der Waals surface area (Å²) in [6.07, 6.45) is 12.8. The summed E-state index contributed by atoms with van der Waals surface area (Å²) in [6.45, 7) is 0.567. The number of carbonyl (C=O) groups excluding carboxylic acids is 2. The highest BCUT2D eigenvalue weighted by Crippen LogP contribution is 1.99. The minimum atomic E-state index is -0.382. The first-order chi connectivity index (χ1) is 10.7. The third-order valence-electron chi connectivity index (χ3n) is 2.86. The Bertz CT molecular complexity index is 513. The molecule has 0 aliphatic heterocycles. The van der Waals surface area contributed by atoms with Crippen molar-refractivity contribution in [3.63, 3.8) is 0 Å². The quantitative estimate of drug-likeness (QED) is 0.213. The lowest BCUT2D eigenvalue weighted by molar-refractivity contribution is -0.129. The number of hydrogen-bond donors (Lipinski definition) is 3. The second-order valence-electron chi connectivity index (χ2n) is 4.64. The molecule has 1 rings (SSSR count). The number of allylic oxidation sites excluding steroid dienone is 2. The number of hydroxylamine groups is 1. The van der Waals surface area contributed by atoms with E-state index in [4.69, 9.17) is 5.21 Å². The van der Waals surface area contributed by atoms with E-state index in [0.29, 0.717) is 19.4 Å². The largest absolute Gasteiger partial charge is 0.353 e. The lowest BCUT2D eigenvalue weighted by Gasteiger charge is -2.02. The molecule has 0 bridgehead atoms. The van der Waals surface area contributed by atoms with Crippen LogP contribution >= 0.6 is 0 Å². The van der Waals surface area contributed by atoms with Gasteiger partial charge in [-0.2, -0.15) is 0 Å². The molecular formula is C16H21N3O3. The molecule has 0 aliphatic carbocycles. The predicted octanol–water partition coefficient (Wildman–Crippen LogP) is 1.83. The number of unbranched alkanes of at least 4 members (excludes halogenated alkanes) is 2. The molecule has 0 radical (unpaired) electrons. The Morgan fingerprint density at radius 3 is 2.64 bits per heavy atom. The number of aromatic nitrogens is 1. The lowest BCUT2D eigenvalue weighted by atomic mass is 10.2. The van der Waals surface area contributed by atoms with Crippen molar-refractivity contribution in [2.75, 3.05) is 6.54 Å². The van der Waals surface area contributed by atoms with E-state index < -0.39 is 0 Å². The van der Waals surface area contributed by atoms with E-state index in [9.17, 15) is 9.59 Å². The van der Waals surface area contributed by atoms with Gasteiger partial charge in [0.15, 0.2) is 0 Å². The molecule has 6 nitrogen and oxygen atoms in total. The lowest BCUT2D eigenvalue weighted by Crippen LogP contribution is -2.22. The Hall–Kier alpha value is -2.47. The van der Waals surface area contributed by atoms with Crippen molar-refractivity contribution in [1.82, 2.24) is 15.8 Å². The Morgan fingerprint density at radius 2 is 1.91 bits per heavy atom. The van der Waals surface area contributed by atoms with Crippen LogP contribution < -0.4 is 10.8 Å². The highest BCUT2D eigenvalue weighted by Gasteiger charge is 1.98. The summed E-state index contributed by atoms with van der Waals surface area (Å²) in [6, 6.07) is 3.75. The fraction of sp³-hybridized carbons (Fsp3) is 0.312. The molecule has 0 saturated heterocycles. The number of nitrogens with one attached hydrogen (secondary N) is 2. The molecule has 1 aromatic heterocycles. The summed E-state index contributed by atoms with van der Waals surface area (Å²) in [5.41, 5.74) is 2.61. The van der Waals surface area contributed by atoms with Crippen molar-refractivity contribution in [1.29, 1.82) is 0 Å². The van der Waals surface area contributed by atoms with Crippen LogP contribution in [0.4, 0.5) is 0 Å². The Labute approximate surface area is 129 Å². The Morgan fingerprint density at radius 1 is 1.14 bits per heavy atom. The van der Waals surface area contributed by atoms with Crippen LogP contribution in [0, 0.1) is 0 Å². The zero-order chi connectivity index (χ0) is 16.0. The van der Waals surface area contributed by atoms with Gasteiger partial charge >= 0.3 is 0 Å². The zero-order valence-electron chi connectivity index (χ0n) is 12.4. The van der Waals surface area contributed by atoms with E-state index in [1.165, 1.54) is 6.08 Å². The zero-order valence-corrected chi connectivity index (χ0v) is 12.4. The normalized spacial score (nSPS) is 11.0. The van der Waals surface area contributed by atoms with Crippen molar-refractivity contribution in [2.24, 2.45) is 0 Å². The van der Waals surface area contributed by atoms with E-state index in [0.717, 1.165) is 18.4 Å². The average molecular weight is 303 g/mol. The maximum Gasteiger partial charge on any atom is 0.243 e. The van der Waals surface area contributed by atoms with Crippen LogP contribution in [-0.2, 0) is 9.59 Å². The molecule has 0 saturated carbocycles. The van der Waals surface area contributed by atoms with Gasteiger partial charge in [-0.3, -0.25) is 19.8 Å². The van der Waals surface area contributed by atoms with E-state index >= 15 is 0 Å². The summed E-state index contributed by atoms with van der Waals surface area (Å²) in [7, 11) is 0. The van der Waals surface area contributed by atoms with Crippen LogP contribution in [0.2, 0.25) is 0 Å². The topological polar surface area (TPSA) is 91.3 Å². The number of pyridine rings is 1. The van der Waals surface area contributed by atoms with Gasteiger partial charge in [-0.15, -0.1) is 0 Å². The van der Waals surface area contributed by atoms with Gasteiger partial charge in [0.25, 0.3) is 0 Å². The average Bonchev–Trinajstić information content (AvgIpc) is 2.55. The van der Waals surface area contributed by atoms with Crippen molar-refractivity contribution < 1.29 is 14.8 Å². The van der Waals surface area contributed by atoms with Crippen molar-refractivity contribution in [3.8, 4) is 0 Å². The molecule has 0 aromatic carbocycles. The van der Waals surface area contributed by atoms with E-state index in [1.54, 1.807) is 30.0 Å². The summed E-state index contributed by atoms with van der Waals surface area (Å²) in [5.74, 6) is -0.527. The first-order valence-corrected chi connectivity index (χ1v) is 7.18. The third kappa shape index (κ3) is 8.65. The molecule has 6 heteroatoms. The molecule has 1 aromatic rings. The Kier molecular flexibility index (Phi) is 8.96. The maximum atomic E-state index is 11.5. The smallest absolute Gasteiger partial charge is 0.243 e. The molecule has 0 aliphatic rings. The molecule has 0 unspecified atom stereocenters. The molecular weight excluding hydrogens is 282 g/mol. The van der Waals surface area contributed by atoms with Gasteiger partial charge in [0.2, 0.25) is 11.8 Å². The van der Waals surface area contributed by atoms with Gasteiger partial charge in [-0.1, -0.05) is 24.6 Å². The first kappa shape index (κ1) is 17.6. The molecule has 0 spiro atoms. The number of hydrogen-bond acceptors (Lipinski definition) is 4. The maximum absolute atomic E-state index is 11.5. The number of rotatable bonds is 9. The summed E-state index contributed by atoms with van der Waals surface area (Å²) < 4.78 is 0. The van der Waals surface area contributed by atoms with Crippen LogP contribution in [0.5, 0.6) is 0 Å². The van der Waals surface area contributed by atoms with Crippen LogP contribution in [0.25, 0.3) is 6.08 Å². The monoisotopic (exact) mass is 303 g/mol. The molecule has 22 heavy (non-hydrogen) atoms. The fourth-order valence-electron chi connectivity index (χ4n) is 1.70. The molecule has 3 N–H and O–H groups in total. The van der Waals surface area contributed by atoms with Gasteiger partial charge in [0, 0.05) is 31.4 Å². The van der Waals surface area contributed by atoms with Crippen LogP contribution in [0.15, 0.2) is 42.8 Å². The molecule has 0 atom stereocenters. The highest BCUT2D eigenvalue weighted by molar-refractivity contribution is 5.87. The molecule has 1 heterocycles. The van der Waals surface area contributed by atoms with Gasteiger partial charge in [0.1, 0.15) is 0 Å². The standard InChI is InChI=1S/C16H21N3O3/c20-15(18-11-5-1-2-8-16(21)19-22)7-4-3-6-14-9-12-17-13-10-14/h3-4,6-7,9-10,12-13,22H,1-2,5,8,11H2,(H,18,20)(H,19,21)/b6-3+,7-4+. The second-order valence-corrected chi connectivity index (χ2v) is 4.64. The first-order valence-electron chi connectivity index (χ1n) is 7.18. The van der Waals surface area contributed by atoms with Crippen molar-refractivity contribution in [3.05, 3.63) is 48.3 Å². The SMILES string of the molecule is O=C(/C=C/C=C/c1ccncc1)NCCCCCC(=O)NO. The van der Waals surface area contributed by atoms with Gasteiger partial charge in [-0.05, 0) is 30.5 Å². The molecule has 118 valence electrons. The Balaban J connectivity index is 2.09. The second kappa shape index (κ2) is 11.2. The summed E-state index contributed by atoms with van der Waals surface area (Å²) in [4.78, 5) is 26.2. The highest BCUT2D eigenvalue weighted by atomic mass is 16.5. The summed E-state index contributed by atoms with van der Waals surface area (Å²) >= 11 is 0. The molecule has 0 fully saturated rings. The van der Waals surface area contributed by atoms with Gasteiger partial charge in [-0.25, -0.2) is 5.48 Å². The van der Waals surface area contributed by atoms with Crippen LogP contribution in [-0.4, -0.2) is 28.6 Å². The number of amides is 2. The number of nitrogens with zero attached hydrogens (tertiary/aromatic N) is 1. The summed E-state index contributed by atoms with van der Waals surface area (Å²) in [5, 5.41) is 11.1. The molecule has 2 amide bonds. The van der Waals surface area contributed by atoms with E-state index in [-0.39, 0.29) is 11.8 Å².